The van der Waals surface area contributed by atoms with Crippen LogP contribution in [-0.4, -0.2) is 24.7 Å². The lowest BCUT2D eigenvalue weighted by Gasteiger charge is -2.20. The quantitative estimate of drug-likeness (QED) is 0.821. The van der Waals surface area contributed by atoms with Gasteiger partial charge in [-0.2, -0.15) is 0 Å². The van der Waals surface area contributed by atoms with E-state index in [4.69, 9.17) is 4.74 Å². The SMILES string of the molecule is CCc1ccc(C(CO)NC(=O)C(C)c2ccc(OC)cc2)cc1. The first-order valence-corrected chi connectivity index (χ1v) is 8.23. The molecule has 0 saturated carbocycles. The Balaban J connectivity index is 2.06. The van der Waals surface area contributed by atoms with Crippen LogP contribution in [-0.2, 0) is 11.2 Å². The summed E-state index contributed by atoms with van der Waals surface area (Å²) in [5.74, 6) is 0.342. The van der Waals surface area contributed by atoms with Gasteiger partial charge in [0.25, 0.3) is 0 Å². The smallest absolute Gasteiger partial charge is 0.227 e. The molecule has 128 valence electrons. The maximum atomic E-state index is 12.5. The molecule has 2 N–H and O–H groups in total. The van der Waals surface area contributed by atoms with Gasteiger partial charge in [0, 0.05) is 0 Å². The van der Waals surface area contributed by atoms with Crippen LogP contribution in [0, 0.1) is 0 Å². The van der Waals surface area contributed by atoms with Crippen LogP contribution >= 0.6 is 0 Å². The highest BCUT2D eigenvalue weighted by Crippen LogP contribution is 2.21. The highest BCUT2D eigenvalue weighted by molar-refractivity contribution is 5.83. The van der Waals surface area contributed by atoms with E-state index >= 15 is 0 Å². The molecule has 0 aromatic heterocycles. The number of carbonyl (C=O) groups excluding carboxylic acids is 1. The first-order valence-electron chi connectivity index (χ1n) is 8.23. The monoisotopic (exact) mass is 327 g/mol. The predicted octanol–water partition coefficient (Wildman–Crippen LogP) is 3.21. The van der Waals surface area contributed by atoms with E-state index in [1.165, 1.54) is 5.56 Å². The lowest BCUT2D eigenvalue weighted by atomic mass is 9.98. The standard InChI is InChI=1S/C20H25NO3/c1-4-15-5-7-17(8-6-15)19(13-22)21-20(23)14(2)16-9-11-18(24-3)12-10-16/h5-12,14,19,22H,4,13H2,1-3H3,(H,21,23). The Morgan fingerprint density at radius 3 is 2.17 bits per heavy atom. The van der Waals surface area contributed by atoms with Crippen molar-refractivity contribution < 1.29 is 14.6 Å². The van der Waals surface area contributed by atoms with E-state index in [1.54, 1.807) is 7.11 Å². The van der Waals surface area contributed by atoms with Gasteiger partial charge in [-0.05, 0) is 42.2 Å². The molecule has 2 atom stereocenters. The Morgan fingerprint density at radius 1 is 1.08 bits per heavy atom. The molecule has 2 aromatic carbocycles. The number of amides is 1. The molecule has 0 saturated heterocycles. The van der Waals surface area contributed by atoms with E-state index in [-0.39, 0.29) is 18.4 Å². The fraction of sp³-hybridized carbons (Fsp3) is 0.350. The molecule has 0 radical (unpaired) electrons. The summed E-state index contributed by atoms with van der Waals surface area (Å²) in [5, 5.41) is 12.6. The van der Waals surface area contributed by atoms with Crippen molar-refractivity contribution in [3.05, 3.63) is 65.2 Å². The minimum absolute atomic E-state index is 0.112. The van der Waals surface area contributed by atoms with Gasteiger partial charge < -0.3 is 15.2 Å². The Bertz CT molecular complexity index is 650. The van der Waals surface area contributed by atoms with Crippen LogP contribution < -0.4 is 10.1 Å². The highest BCUT2D eigenvalue weighted by Gasteiger charge is 2.20. The van der Waals surface area contributed by atoms with Gasteiger partial charge in [-0.3, -0.25) is 4.79 Å². The van der Waals surface area contributed by atoms with Gasteiger partial charge in [0.05, 0.1) is 25.7 Å². The summed E-state index contributed by atoms with van der Waals surface area (Å²) in [4.78, 5) is 12.5. The largest absolute Gasteiger partial charge is 0.497 e. The maximum Gasteiger partial charge on any atom is 0.227 e. The van der Waals surface area contributed by atoms with Crippen molar-refractivity contribution in [2.45, 2.75) is 32.2 Å². The Labute approximate surface area is 143 Å². The van der Waals surface area contributed by atoms with Gasteiger partial charge >= 0.3 is 0 Å². The lowest BCUT2D eigenvalue weighted by molar-refractivity contribution is -0.123. The van der Waals surface area contributed by atoms with Gasteiger partial charge in [-0.25, -0.2) is 0 Å². The van der Waals surface area contributed by atoms with Crippen LogP contribution in [0.1, 0.15) is 42.5 Å². The number of benzene rings is 2. The van der Waals surface area contributed by atoms with Crippen LogP contribution in [0.25, 0.3) is 0 Å². The summed E-state index contributed by atoms with van der Waals surface area (Å²) in [7, 11) is 1.61. The number of hydrogen-bond donors (Lipinski definition) is 2. The first kappa shape index (κ1) is 18.0. The fourth-order valence-electron chi connectivity index (χ4n) is 2.56. The normalized spacial score (nSPS) is 13.2. The van der Waals surface area contributed by atoms with Crippen molar-refractivity contribution in [2.75, 3.05) is 13.7 Å². The molecule has 2 unspecified atom stereocenters. The average Bonchev–Trinajstić information content (AvgIpc) is 2.65. The molecule has 0 aliphatic rings. The zero-order chi connectivity index (χ0) is 17.5. The molecular formula is C20H25NO3. The summed E-state index contributed by atoms with van der Waals surface area (Å²) >= 11 is 0. The summed E-state index contributed by atoms with van der Waals surface area (Å²) < 4.78 is 5.13. The summed E-state index contributed by atoms with van der Waals surface area (Å²) in [6.45, 7) is 3.81. The second-order valence-electron chi connectivity index (χ2n) is 5.83. The number of hydrogen-bond acceptors (Lipinski definition) is 3. The Morgan fingerprint density at radius 2 is 1.67 bits per heavy atom. The molecule has 0 fully saturated rings. The minimum Gasteiger partial charge on any atom is -0.497 e. The number of aliphatic hydroxyl groups excluding tert-OH is 1. The molecular weight excluding hydrogens is 302 g/mol. The third kappa shape index (κ3) is 4.36. The van der Waals surface area contributed by atoms with Crippen molar-refractivity contribution in [2.24, 2.45) is 0 Å². The van der Waals surface area contributed by atoms with Crippen LogP contribution in [0.4, 0.5) is 0 Å². The van der Waals surface area contributed by atoms with E-state index in [9.17, 15) is 9.90 Å². The number of methoxy groups -OCH3 is 1. The van der Waals surface area contributed by atoms with Gasteiger partial charge in [0.15, 0.2) is 0 Å². The topological polar surface area (TPSA) is 58.6 Å². The van der Waals surface area contributed by atoms with Crippen molar-refractivity contribution in [3.8, 4) is 5.75 Å². The molecule has 2 rings (SSSR count). The zero-order valence-corrected chi connectivity index (χ0v) is 14.5. The van der Waals surface area contributed by atoms with Crippen LogP contribution in [0.5, 0.6) is 5.75 Å². The molecule has 0 spiro atoms. The molecule has 4 nitrogen and oxygen atoms in total. The molecule has 24 heavy (non-hydrogen) atoms. The van der Waals surface area contributed by atoms with Gasteiger partial charge in [0.2, 0.25) is 5.91 Å². The first-order chi connectivity index (χ1) is 11.6. The number of rotatable bonds is 7. The maximum absolute atomic E-state index is 12.5. The third-order valence-corrected chi connectivity index (χ3v) is 4.30. The number of nitrogens with one attached hydrogen (secondary N) is 1. The Hall–Kier alpha value is -2.33. The summed E-state index contributed by atoms with van der Waals surface area (Å²) in [6, 6.07) is 15.0. The second kappa shape index (κ2) is 8.50. The third-order valence-electron chi connectivity index (χ3n) is 4.30. The van der Waals surface area contributed by atoms with Gasteiger partial charge in [-0.15, -0.1) is 0 Å². The van der Waals surface area contributed by atoms with Gasteiger partial charge in [0.1, 0.15) is 5.75 Å². The van der Waals surface area contributed by atoms with Crippen molar-refractivity contribution in [3.63, 3.8) is 0 Å². The zero-order valence-electron chi connectivity index (χ0n) is 14.5. The second-order valence-corrected chi connectivity index (χ2v) is 5.83. The van der Waals surface area contributed by atoms with Crippen LogP contribution in [0.3, 0.4) is 0 Å². The van der Waals surface area contributed by atoms with E-state index in [1.807, 2.05) is 55.5 Å². The van der Waals surface area contributed by atoms with Crippen molar-refractivity contribution in [1.82, 2.24) is 5.32 Å². The van der Waals surface area contributed by atoms with E-state index in [0.29, 0.717) is 0 Å². The molecule has 4 heteroatoms. The fourth-order valence-corrected chi connectivity index (χ4v) is 2.56. The van der Waals surface area contributed by atoms with Crippen molar-refractivity contribution >= 4 is 5.91 Å². The number of carbonyl (C=O) groups is 1. The molecule has 0 aliphatic heterocycles. The van der Waals surface area contributed by atoms with E-state index in [2.05, 4.69) is 12.2 Å². The molecule has 0 aliphatic carbocycles. The molecule has 0 heterocycles. The van der Waals surface area contributed by atoms with E-state index < -0.39 is 6.04 Å². The minimum atomic E-state index is -0.399. The molecule has 2 aromatic rings. The number of aliphatic hydroxyl groups is 1. The number of ether oxygens (including phenoxy) is 1. The lowest BCUT2D eigenvalue weighted by Crippen LogP contribution is -2.33. The molecule has 0 bridgehead atoms. The van der Waals surface area contributed by atoms with E-state index in [0.717, 1.165) is 23.3 Å². The molecule has 1 amide bonds. The average molecular weight is 327 g/mol. The summed E-state index contributed by atoms with van der Waals surface area (Å²) in [6.07, 6.45) is 0.963. The number of aryl methyl sites for hydroxylation is 1. The van der Waals surface area contributed by atoms with Crippen LogP contribution in [0.15, 0.2) is 48.5 Å². The summed E-state index contributed by atoms with van der Waals surface area (Å²) in [5.41, 5.74) is 3.05. The van der Waals surface area contributed by atoms with Crippen molar-refractivity contribution in [1.29, 1.82) is 0 Å². The Kier molecular flexibility index (Phi) is 6.38. The predicted molar refractivity (Wildman–Crippen MR) is 95.2 cm³/mol. The highest BCUT2D eigenvalue weighted by atomic mass is 16.5. The van der Waals surface area contributed by atoms with Crippen LogP contribution in [0.2, 0.25) is 0 Å². The van der Waals surface area contributed by atoms with Gasteiger partial charge in [-0.1, -0.05) is 43.3 Å².